The third-order valence-electron chi connectivity index (χ3n) is 0.531. The maximum atomic E-state index is 9.70. The van der Waals surface area contributed by atoms with Crippen molar-refractivity contribution in [3.8, 4) is 0 Å². The van der Waals surface area contributed by atoms with E-state index >= 15 is 0 Å². The van der Waals surface area contributed by atoms with Gasteiger partial charge in [0.25, 0.3) is 0 Å². The highest BCUT2D eigenvalue weighted by Gasteiger charge is 1.95. The van der Waals surface area contributed by atoms with Gasteiger partial charge in [-0.05, 0) is 6.92 Å². The predicted octanol–water partition coefficient (Wildman–Crippen LogP) is 0.533. The molecule has 0 saturated heterocycles. The Kier molecular flexibility index (Phi) is 1.91. The molecule has 0 aromatic carbocycles. The van der Waals surface area contributed by atoms with E-state index in [0.717, 1.165) is 0 Å². The van der Waals surface area contributed by atoms with E-state index in [1.807, 2.05) is 0 Å². The minimum Gasteiger partial charge on any atom is -0.515 e. The van der Waals surface area contributed by atoms with Crippen LogP contribution in [0.2, 0.25) is 0 Å². The van der Waals surface area contributed by atoms with E-state index in [-0.39, 0.29) is 5.57 Å². The average molecular weight is 102 g/mol. The summed E-state index contributed by atoms with van der Waals surface area (Å²) in [7, 11) is 0. The van der Waals surface area contributed by atoms with Crippen molar-refractivity contribution in [2.75, 3.05) is 0 Å². The molecular formula is C4H6O3. The number of carboxylic acid groups (broad SMARTS) is 1. The molecule has 3 heteroatoms. The molecule has 0 aliphatic rings. The van der Waals surface area contributed by atoms with E-state index in [1.165, 1.54) is 6.92 Å². The van der Waals surface area contributed by atoms with Crippen LogP contribution in [0.3, 0.4) is 0 Å². The Bertz CT molecular complexity index is 104. The summed E-state index contributed by atoms with van der Waals surface area (Å²) in [5, 5.41) is 15.9. The smallest absolute Gasteiger partial charge is 0.334 e. The number of hydrogen-bond acceptors (Lipinski definition) is 2. The highest BCUT2D eigenvalue weighted by atomic mass is 16.4. The van der Waals surface area contributed by atoms with Crippen LogP contribution in [0.4, 0.5) is 0 Å². The van der Waals surface area contributed by atoms with E-state index < -0.39 is 5.97 Å². The highest BCUT2D eigenvalue weighted by molar-refractivity contribution is 5.85. The standard InChI is InChI=1S/C4H6O3/c1-3(2-5)4(6)7/h2,5H,1H3,(H,6,7)/b3-2+. The van der Waals surface area contributed by atoms with E-state index in [1.54, 1.807) is 0 Å². The molecule has 0 heterocycles. The topological polar surface area (TPSA) is 57.5 Å². The van der Waals surface area contributed by atoms with Crippen LogP contribution in [0, 0.1) is 0 Å². The number of aliphatic hydroxyl groups is 1. The third kappa shape index (κ3) is 1.81. The van der Waals surface area contributed by atoms with Crippen molar-refractivity contribution in [2.24, 2.45) is 0 Å². The van der Waals surface area contributed by atoms with Crippen molar-refractivity contribution in [1.29, 1.82) is 0 Å². The van der Waals surface area contributed by atoms with Gasteiger partial charge in [-0.2, -0.15) is 0 Å². The average Bonchev–Trinajstić information content (AvgIpc) is 1.65. The fourth-order valence-electron chi connectivity index (χ4n) is 0.0552. The Morgan fingerprint density at radius 1 is 1.71 bits per heavy atom. The van der Waals surface area contributed by atoms with Gasteiger partial charge in [0.1, 0.15) is 0 Å². The maximum Gasteiger partial charge on any atom is 0.334 e. The molecule has 0 aliphatic carbocycles. The second-order valence-electron chi connectivity index (χ2n) is 1.12. The van der Waals surface area contributed by atoms with Crippen molar-refractivity contribution in [3.63, 3.8) is 0 Å². The zero-order valence-electron chi connectivity index (χ0n) is 3.88. The van der Waals surface area contributed by atoms with Gasteiger partial charge in [0, 0.05) is 0 Å². The minimum atomic E-state index is -1.09. The third-order valence-corrected chi connectivity index (χ3v) is 0.531. The van der Waals surface area contributed by atoms with Crippen LogP contribution in [0.15, 0.2) is 11.8 Å². The lowest BCUT2D eigenvalue weighted by molar-refractivity contribution is -0.132. The van der Waals surface area contributed by atoms with Crippen LogP contribution in [-0.4, -0.2) is 16.2 Å². The molecule has 0 bridgehead atoms. The predicted molar refractivity (Wildman–Crippen MR) is 24.0 cm³/mol. The molecule has 0 atom stereocenters. The molecule has 0 amide bonds. The molecule has 0 unspecified atom stereocenters. The van der Waals surface area contributed by atoms with Gasteiger partial charge in [0.2, 0.25) is 0 Å². The van der Waals surface area contributed by atoms with Gasteiger partial charge in [-0.1, -0.05) is 0 Å². The van der Waals surface area contributed by atoms with E-state index in [2.05, 4.69) is 0 Å². The zero-order chi connectivity index (χ0) is 5.86. The van der Waals surface area contributed by atoms with Crippen molar-refractivity contribution in [1.82, 2.24) is 0 Å². The van der Waals surface area contributed by atoms with Gasteiger partial charge in [-0.3, -0.25) is 0 Å². The number of aliphatic hydroxyl groups excluding tert-OH is 1. The largest absolute Gasteiger partial charge is 0.515 e. The maximum absolute atomic E-state index is 9.70. The molecule has 0 saturated carbocycles. The first kappa shape index (κ1) is 6.01. The molecular weight excluding hydrogens is 96.0 g/mol. The summed E-state index contributed by atoms with van der Waals surface area (Å²) < 4.78 is 0. The van der Waals surface area contributed by atoms with Crippen LogP contribution in [0.5, 0.6) is 0 Å². The summed E-state index contributed by atoms with van der Waals surface area (Å²) in [4.78, 5) is 9.70. The van der Waals surface area contributed by atoms with Gasteiger partial charge in [-0.15, -0.1) is 0 Å². The molecule has 2 N–H and O–H groups in total. The number of rotatable bonds is 1. The van der Waals surface area contributed by atoms with Gasteiger partial charge < -0.3 is 10.2 Å². The van der Waals surface area contributed by atoms with E-state index in [0.29, 0.717) is 6.26 Å². The van der Waals surface area contributed by atoms with E-state index in [9.17, 15) is 4.79 Å². The lowest BCUT2D eigenvalue weighted by atomic mass is 10.4. The lowest BCUT2D eigenvalue weighted by Gasteiger charge is -1.83. The first-order chi connectivity index (χ1) is 3.18. The van der Waals surface area contributed by atoms with Crippen LogP contribution in [0.25, 0.3) is 0 Å². The van der Waals surface area contributed by atoms with Crippen LogP contribution in [-0.2, 0) is 4.79 Å². The monoisotopic (exact) mass is 102 g/mol. The second kappa shape index (κ2) is 2.23. The summed E-state index contributed by atoms with van der Waals surface area (Å²) in [5.74, 6) is -1.09. The Balaban J connectivity index is 3.82. The quantitative estimate of drug-likeness (QED) is 0.375. The van der Waals surface area contributed by atoms with Crippen LogP contribution >= 0.6 is 0 Å². The molecule has 40 valence electrons. The van der Waals surface area contributed by atoms with Crippen molar-refractivity contribution in [3.05, 3.63) is 11.8 Å². The van der Waals surface area contributed by atoms with Crippen molar-refractivity contribution >= 4 is 5.97 Å². The minimum absolute atomic E-state index is 0.0556. The number of carbonyl (C=O) groups is 1. The highest BCUT2D eigenvalue weighted by Crippen LogP contribution is 1.86. The van der Waals surface area contributed by atoms with Crippen LogP contribution in [0.1, 0.15) is 6.92 Å². The van der Waals surface area contributed by atoms with Crippen LogP contribution < -0.4 is 0 Å². The Morgan fingerprint density at radius 3 is 2.14 bits per heavy atom. The molecule has 7 heavy (non-hydrogen) atoms. The molecule has 0 fully saturated rings. The molecule has 0 aromatic heterocycles. The van der Waals surface area contributed by atoms with Gasteiger partial charge in [0.05, 0.1) is 11.8 Å². The molecule has 0 spiro atoms. The Hall–Kier alpha value is -0.990. The first-order valence-electron chi connectivity index (χ1n) is 1.72. The summed E-state index contributed by atoms with van der Waals surface area (Å²) >= 11 is 0. The number of carboxylic acids is 1. The Labute approximate surface area is 40.9 Å². The summed E-state index contributed by atoms with van der Waals surface area (Å²) in [5.41, 5.74) is -0.0556. The van der Waals surface area contributed by atoms with Gasteiger partial charge in [0.15, 0.2) is 0 Å². The van der Waals surface area contributed by atoms with Gasteiger partial charge in [-0.25, -0.2) is 4.79 Å². The van der Waals surface area contributed by atoms with Crippen molar-refractivity contribution in [2.45, 2.75) is 6.92 Å². The van der Waals surface area contributed by atoms with Gasteiger partial charge >= 0.3 is 5.97 Å². The summed E-state index contributed by atoms with van der Waals surface area (Å²) in [6, 6.07) is 0. The van der Waals surface area contributed by atoms with Crippen molar-refractivity contribution < 1.29 is 15.0 Å². The first-order valence-corrected chi connectivity index (χ1v) is 1.72. The fraction of sp³-hybridized carbons (Fsp3) is 0.250. The SMILES string of the molecule is C/C(=C\O)C(=O)O. The molecule has 3 nitrogen and oxygen atoms in total. The number of hydrogen-bond donors (Lipinski definition) is 2. The molecule has 0 radical (unpaired) electrons. The lowest BCUT2D eigenvalue weighted by Crippen LogP contribution is -1.94. The molecule has 0 aromatic rings. The molecule has 0 aliphatic heterocycles. The van der Waals surface area contributed by atoms with E-state index in [4.69, 9.17) is 10.2 Å². The zero-order valence-corrected chi connectivity index (χ0v) is 3.88. The normalized spacial score (nSPS) is 11.3. The number of aliphatic carboxylic acids is 1. The summed E-state index contributed by atoms with van der Waals surface area (Å²) in [6.45, 7) is 1.31. The molecule has 0 rings (SSSR count). The summed E-state index contributed by atoms with van der Waals surface area (Å²) in [6.07, 6.45) is 0.558. The Morgan fingerprint density at radius 2 is 2.14 bits per heavy atom. The second-order valence-corrected chi connectivity index (χ2v) is 1.12. The fourth-order valence-corrected chi connectivity index (χ4v) is 0.0552.